The Balaban J connectivity index is 2.27. The molecule has 1 aromatic carbocycles. The number of nitrogens with zero attached hydrogens (tertiary/aromatic N) is 1. The predicted molar refractivity (Wildman–Crippen MR) is 72.9 cm³/mol. The van der Waals surface area contributed by atoms with Crippen LogP contribution < -0.4 is 10.5 Å². The number of benzene rings is 1. The van der Waals surface area contributed by atoms with Crippen LogP contribution in [0.5, 0.6) is 5.75 Å². The number of nitrogen functional groups attached to an aromatic ring is 1. The van der Waals surface area contributed by atoms with Crippen molar-refractivity contribution in [1.29, 1.82) is 0 Å². The van der Waals surface area contributed by atoms with Gasteiger partial charge in [-0.25, -0.2) is 0 Å². The van der Waals surface area contributed by atoms with Gasteiger partial charge in [-0.15, -0.1) is 0 Å². The normalized spacial score (nSPS) is 10.8. The summed E-state index contributed by atoms with van der Waals surface area (Å²) in [5.41, 5.74) is 7.60. The largest absolute Gasteiger partial charge is 0.491 e. The summed E-state index contributed by atoms with van der Waals surface area (Å²) >= 11 is 0. The summed E-state index contributed by atoms with van der Waals surface area (Å²) < 4.78 is 11.0. The van der Waals surface area contributed by atoms with E-state index in [-0.39, 0.29) is 0 Å². The highest BCUT2D eigenvalue weighted by Gasteiger charge is 2.06. The van der Waals surface area contributed by atoms with Crippen LogP contribution in [-0.4, -0.2) is 24.8 Å². The van der Waals surface area contributed by atoms with Crippen LogP contribution in [0.3, 0.4) is 0 Å². The Morgan fingerprint density at radius 1 is 1.22 bits per heavy atom. The van der Waals surface area contributed by atoms with E-state index >= 15 is 0 Å². The highest BCUT2D eigenvalue weighted by molar-refractivity contribution is 5.96. The lowest BCUT2D eigenvalue weighted by atomic mass is 10.1. The highest BCUT2D eigenvalue weighted by atomic mass is 16.5. The van der Waals surface area contributed by atoms with E-state index in [4.69, 9.17) is 15.2 Å². The van der Waals surface area contributed by atoms with Gasteiger partial charge in [0.05, 0.1) is 6.61 Å². The molecule has 0 saturated heterocycles. The van der Waals surface area contributed by atoms with E-state index < -0.39 is 0 Å². The van der Waals surface area contributed by atoms with Gasteiger partial charge in [0.15, 0.2) is 0 Å². The topological polar surface area (TPSA) is 57.4 Å². The molecule has 0 bridgehead atoms. The summed E-state index contributed by atoms with van der Waals surface area (Å²) in [6.07, 6.45) is 1.79. The average Bonchev–Trinajstić information content (AvgIpc) is 2.37. The summed E-state index contributed by atoms with van der Waals surface area (Å²) in [7, 11) is 0. The second kappa shape index (κ2) is 5.69. The number of anilines is 1. The molecule has 4 heteroatoms. The molecule has 18 heavy (non-hydrogen) atoms. The first-order chi connectivity index (χ1) is 8.72. The minimum Gasteiger partial charge on any atom is -0.491 e. The molecular weight excluding hydrogens is 228 g/mol. The lowest BCUT2D eigenvalue weighted by molar-refractivity contribution is 0.111. The van der Waals surface area contributed by atoms with Gasteiger partial charge in [-0.05, 0) is 32.0 Å². The number of fused-ring (bicyclic) bond motifs is 1. The van der Waals surface area contributed by atoms with Crippen molar-refractivity contribution in [3.05, 3.63) is 30.1 Å². The molecule has 2 aromatic rings. The lowest BCUT2D eigenvalue weighted by Crippen LogP contribution is -2.06. The third kappa shape index (κ3) is 2.71. The highest BCUT2D eigenvalue weighted by Crippen LogP contribution is 2.29. The smallest absolute Gasteiger partial charge is 0.127 e. The third-order valence-corrected chi connectivity index (χ3v) is 2.72. The van der Waals surface area contributed by atoms with Crippen LogP contribution in [0.1, 0.15) is 12.6 Å². The maximum absolute atomic E-state index is 5.93. The first-order valence-electron chi connectivity index (χ1n) is 6.07. The van der Waals surface area contributed by atoms with Crippen LogP contribution in [0.25, 0.3) is 10.8 Å². The molecule has 2 N–H and O–H groups in total. The molecule has 0 aliphatic heterocycles. The molecule has 0 unspecified atom stereocenters. The number of hydrogen-bond donors (Lipinski definition) is 1. The molecule has 1 heterocycles. The zero-order valence-corrected chi connectivity index (χ0v) is 10.8. The summed E-state index contributed by atoms with van der Waals surface area (Å²) in [6.45, 7) is 5.75. The van der Waals surface area contributed by atoms with Crippen molar-refractivity contribution < 1.29 is 9.47 Å². The van der Waals surface area contributed by atoms with Gasteiger partial charge >= 0.3 is 0 Å². The number of nitrogens with two attached hydrogens (primary N) is 1. The van der Waals surface area contributed by atoms with E-state index in [1.807, 2.05) is 32.0 Å². The number of aromatic nitrogens is 1. The minimum atomic E-state index is 0.536. The van der Waals surface area contributed by atoms with Crippen molar-refractivity contribution in [3.8, 4) is 5.75 Å². The van der Waals surface area contributed by atoms with Crippen molar-refractivity contribution in [2.24, 2.45) is 0 Å². The molecule has 4 nitrogen and oxygen atoms in total. The van der Waals surface area contributed by atoms with Crippen LogP contribution in [0.2, 0.25) is 0 Å². The molecule has 0 atom stereocenters. The minimum absolute atomic E-state index is 0.536. The first-order valence-corrected chi connectivity index (χ1v) is 6.07. The predicted octanol–water partition coefficient (Wildman–Crippen LogP) is 2.54. The van der Waals surface area contributed by atoms with Crippen LogP contribution in [-0.2, 0) is 4.74 Å². The van der Waals surface area contributed by atoms with Crippen molar-refractivity contribution in [2.75, 3.05) is 25.6 Å². The van der Waals surface area contributed by atoms with E-state index in [9.17, 15) is 0 Å². The van der Waals surface area contributed by atoms with Crippen LogP contribution in [0, 0.1) is 6.92 Å². The standard InChI is InChI=1S/C14H18N2O2/c1-3-17-6-7-18-14-5-4-13(15)12-9-16-10(2)8-11(12)14/h4-5,8-9H,3,6-7,15H2,1-2H3. The van der Waals surface area contributed by atoms with E-state index in [1.165, 1.54) is 0 Å². The zero-order valence-electron chi connectivity index (χ0n) is 10.8. The summed E-state index contributed by atoms with van der Waals surface area (Å²) in [4.78, 5) is 4.26. The maximum Gasteiger partial charge on any atom is 0.127 e. The second-order valence-electron chi connectivity index (χ2n) is 4.07. The molecule has 0 aliphatic carbocycles. The second-order valence-corrected chi connectivity index (χ2v) is 4.07. The fourth-order valence-electron chi connectivity index (χ4n) is 1.82. The van der Waals surface area contributed by atoms with Gasteiger partial charge in [0.1, 0.15) is 12.4 Å². The van der Waals surface area contributed by atoms with Gasteiger partial charge < -0.3 is 15.2 Å². The Morgan fingerprint density at radius 3 is 2.83 bits per heavy atom. The van der Waals surface area contributed by atoms with Gasteiger partial charge in [0.2, 0.25) is 0 Å². The number of hydrogen-bond acceptors (Lipinski definition) is 4. The summed E-state index contributed by atoms with van der Waals surface area (Å²) in [6, 6.07) is 5.72. The number of rotatable bonds is 5. The maximum atomic E-state index is 5.93. The van der Waals surface area contributed by atoms with Crippen molar-refractivity contribution in [2.45, 2.75) is 13.8 Å². The molecule has 2 rings (SSSR count). The monoisotopic (exact) mass is 246 g/mol. The first kappa shape index (κ1) is 12.6. The van der Waals surface area contributed by atoms with Crippen molar-refractivity contribution in [3.63, 3.8) is 0 Å². The fraction of sp³-hybridized carbons (Fsp3) is 0.357. The Kier molecular flexibility index (Phi) is 3.99. The Labute approximate surface area is 107 Å². The van der Waals surface area contributed by atoms with Gasteiger partial charge in [-0.3, -0.25) is 4.98 Å². The molecule has 1 aromatic heterocycles. The van der Waals surface area contributed by atoms with Gasteiger partial charge in [0.25, 0.3) is 0 Å². The van der Waals surface area contributed by atoms with Crippen LogP contribution in [0.4, 0.5) is 5.69 Å². The lowest BCUT2D eigenvalue weighted by Gasteiger charge is -2.11. The zero-order chi connectivity index (χ0) is 13.0. The van der Waals surface area contributed by atoms with Crippen LogP contribution in [0.15, 0.2) is 24.4 Å². The summed E-state index contributed by atoms with van der Waals surface area (Å²) in [5.74, 6) is 0.824. The Hall–Kier alpha value is -1.81. The summed E-state index contributed by atoms with van der Waals surface area (Å²) in [5, 5.41) is 1.92. The van der Waals surface area contributed by atoms with Gasteiger partial charge in [-0.1, -0.05) is 0 Å². The number of aryl methyl sites for hydroxylation is 1. The van der Waals surface area contributed by atoms with Crippen LogP contribution >= 0.6 is 0 Å². The van der Waals surface area contributed by atoms with Crippen molar-refractivity contribution >= 4 is 16.5 Å². The molecule has 0 radical (unpaired) electrons. The molecular formula is C14H18N2O2. The molecule has 0 saturated carbocycles. The molecule has 0 aliphatic rings. The van der Waals surface area contributed by atoms with E-state index in [0.29, 0.717) is 19.8 Å². The van der Waals surface area contributed by atoms with Gasteiger partial charge in [-0.2, -0.15) is 0 Å². The Morgan fingerprint density at radius 2 is 2.06 bits per heavy atom. The molecule has 0 amide bonds. The molecule has 0 spiro atoms. The molecule has 0 fully saturated rings. The third-order valence-electron chi connectivity index (χ3n) is 2.72. The number of pyridine rings is 1. The average molecular weight is 246 g/mol. The fourth-order valence-corrected chi connectivity index (χ4v) is 1.82. The quantitative estimate of drug-likeness (QED) is 0.650. The molecule has 96 valence electrons. The van der Waals surface area contributed by atoms with E-state index in [0.717, 1.165) is 27.9 Å². The SMILES string of the molecule is CCOCCOc1ccc(N)c2cnc(C)cc12. The number of ether oxygens (including phenoxy) is 2. The van der Waals surface area contributed by atoms with Crippen molar-refractivity contribution in [1.82, 2.24) is 4.98 Å². The van der Waals surface area contributed by atoms with E-state index in [2.05, 4.69) is 4.98 Å². The Bertz CT molecular complexity index is 541. The van der Waals surface area contributed by atoms with Gasteiger partial charge in [0, 0.05) is 35.0 Å². The van der Waals surface area contributed by atoms with E-state index in [1.54, 1.807) is 6.20 Å².